The largest absolute Gasteiger partial charge is 0.374 e. The fourth-order valence-corrected chi connectivity index (χ4v) is 2.56. The van der Waals surface area contributed by atoms with Crippen LogP contribution in [0.4, 0.5) is 10.8 Å². The average Bonchev–Trinajstić information content (AvgIpc) is 2.88. The third-order valence-corrected chi connectivity index (χ3v) is 3.80. The number of nitrogens with one attached hydrogen (secondary N) is 1. The van der Waals surface area contributed by atoms with Gasteiger partial charge in [-0.1, -0.05) is 11.3 Å². The maximum Gasteiger partial charge on any atom is 0.272 e. The minimum atomic E-state index is -0.467. The first-order chi connectivity index (χ1) is 10.5. The third-order valence-electron chi connectivity index (χ3n) is 2.99. The lowest BCUT2D eigenvalue weighted by Gasteiger charge is -2.05. The van der Waals surface area contributed by atoms with Gasteiger partial charge in [-0.05, 0) is 25.5 Å². The van der Waals surface area contributed by atoms with Crippen molar-refractivity contribution in [3.8, 4) is 0 Å². The van der Waals surface area contributed by atoms with Crippen LogP contribution in [-0.4, -0.2) is 27.6 Å². The molecule has 8 nitrogen and oxygen atoms in total. The molecule has 1 aromatic carbocycles. The number of nitro benzene ring substituents is 1. The maximum atomic E-state index is 12.0. The van der Waals surface area contributed by atoms with E-state index in [4.69, 9.17) is 5.73 Å². The second-order valence-corrected chi connectivity index (χ2v) is 5.75. The number of carbonyl (C=O) groups is 1. The topological polar surface area (TPSA) is 124 Å². The standard InChI is InChI=1S/C13H15N5O3S/c1-8-7-9(4-5-10(8)18(20)21)12(19)15-6-2-3-11-16-17-13(14)22-11/h4-5,7H,2-3,6H2,1H3,(H2,14,17)(H,15,19). The molecule has 0 spiro atoms. The van der Waals surface area contributed by atoms with Crippen molar-refractivity contribution in [3.63, 3.8) is 0 Å². The lowest BCUT2D eigenvalue weighted by molar-refractivity contribution is -0.385. The van der Waals surface area contributed by atoms with Crippen LogP contribution in [0.25, 0.3) is 0 Å². The zero-order valence-corrected chi connectivity index (χ0v) is 12.7. The minimum absolute atomic E-state index is 0.00501. The maximum absolute atomic E-state index is 12.0. The minimum Gasteiger partial charge on any atom is -0.374 e. The molecule has 1 heterocycles. The summed E-state index contributed by atoms with van der Waals surface area (Å²) in [6.07, 6.45) is 1.40. The lowest BCUT2D eigenvalue weighted by Crippen LogP contribution is -2.24. The highest BCUT2D eigenvalue weighted by atomic mass is 32.1. The van der Waals surface area contributed by atoms with E-state index in [1.165, 1.54) is 29.5 Å². The molecule has 0 saturated carbocycles. The van der Waals surface area contributed by atoms with Gasteiger partial charge < -0.3 is 11.1 Å². The van der Waals surface area contributed by atoms with Crippen LogP contribution in [0.3, 0.4) is 0 Å². The van der Waals surface area contributed by atoms with Crippen LogP contribution in [0, 0.1) is 17.0 Å². The van der Waals surface area contributed by atoms with Gasteiger partial charge in [-0.15, -0.1) is 10.2 Å². The highest BCUT2D eigenvalue weighted by Crippen LogP contribution is 2.18. The summed E-state index contributed by atoms with van der Waals surface area (Å²) in [5.74, 6) is -0.255. The van der Waals surface area contributed by atoms with Gasteiger partial charge in [-0.2, -0.15) is 0 Å². The number of anilines is 1. The molecule has 0 fully saturated rings. The first-order valence-corrected chi connectivity index (χ1v) is 7.40. The van der Waals surface area contributed by atoms with Gasteiger partial charge in [0.25, 0.3) is 11.6 Å². The van der Waals surface area contributed by atoms with Crippen molar-refractivity contribution < 1.29 is 9.72 Å². The first kappa shape index (κ1) is 15.8. The van der Waals surface area contributed by atoms with Crippen LogP contribution >= 0.6 is 11.3 Å². The van der Waals surface area contributed by atoms with Crippen molar-refractivity contribution in [1.29, 1.82) is 0 Å². The summed E-state index contributed by atoms with van der Waals surface area (Å²) < 4.78 is 0. The number of carbonyl (C=O) groups excluding carboxylic acids is 1. The van der Waals surface area contributed by atoms with E-state index in [9.17, 15) is 14.9 Å². The lowest BCUT2D eigenvalue weighted by atomic mass is 10.1. The van der Waals surface area contributed by atoms with Crippen LogP contribution in [0.1, 0.15) is 27.3 Å². The molecule has 9 heteroatoms. The molecule has 0 aliphatic rings. The molecule has 0 radical (unpaired) electrons. The van der Waals surface area contributed by atoms with Crippen LogP contribution in [0.15, 0.2) is 18.2 Å². The molecule has 2 aromatic rings. The number of nitrogen functional groups attached to an aromatic ring is 1. The highest BCUT2D eigenvalue weighted by Gasteiger charge is 2.13. The van der Waals surface area contributed by atoms with Crippen molar-refractivity contribution in [3.05, 3.63) is 44.4 Å². The zero-order chi connectivity index (χ0) is 16.1. The number of hydrogen-bond acceptors (Lipinski definition) is 7. The van der Waals surface area contributed by atoms with Crippen molar-refractivity contribution >= 4 is 28.1 Å². The van der Waals surface area contributed by atoms with E-state index >= 15 is 0 Å². The van der Waals surface area contributed by atoms with Crippen molar-refractivity contribution in [2.24, 2.45) is 0 Å². The number of nitrogens with zero attached hydrogens (tertiary/aromatic N) is 3. The van der Waals surface area contributed by atoms with Crippen molar-refractivity contribution in [2.75, 3.05) is 12.3 Å². The van der Waals surface area contributed by atoms with Gasteiger partial charge in [0.05, 0.1) is 4.92 Å². The van der Waals surface area contributed by atoms with Gasteiger partial charge in [0.2, 0.25) is 5.13 Å². The monoisotopic (exact) mass is 321 g/mol. The summed E-state index contributed by atoms with van der Waals surface area (Å²) in [4.78, 5) is 22.2. The van der Waals surface area contributed by atoms with Crippen molar-refractivity contribution in [1.82, 2.24) is 15.5 Å². The fourth-order valence-electron chi connectivity index (χ4n) is 1.91. The molecule has 0 saturated heterocycles. The van der Waals surface area contributed by atoms with Gasteiger partial charge in [0, 0.05) is 30.2 Å². The zero-order valence-electron chi connectivity index (χ0n) is 11.9. The summed E-state index contributed by atoms with van der Waals surface area (Å²) in [5.41, 5.74) is 6.35. The molecule has 116 valence electrons. The Kier molecular flexibility index (Phi) is 4.99. The number of nitro groups is 1. The van der Waals surface area contributed by atoms with E-state index < -0.39 is 4.92 Å². The van der Waals surface area contributed by atoms with E-state index in [0.717, 1.165) is 5.01 Å². The molecule has 1 amide bonds. The first-order valence-electron chi connectivity index (χ1n) is 6.58. The van der Waals surface area contributed by atoms with Crippen molar-refractivity contribution in [2.45, 2.75) is 19.8 Å². The Bertz CT molecular complexity index is 701. The smallest absolute Gasteiger partial charge is 0.272 e. The van der Waals surface area contributed by atoms with Crippen LogP contribution < -0.4 is 11.1 Å². The molecular weight excluding hydrogens is 306 g/mol. The second-order valence-electron chi connectivity index (χ2n) is 4.65. The van der Waals surface area contributed by atoms with Crippen LogP contribution in [-0.2, 0) is 6.42 Å². The number of amides is 1. The third kappa shape index (κ3) is 3.98. The Hall–Kier alpha value is -2.55. The number of hydrogen-bond donors (Lipinski definition) is 2. The Morgan fingerprint density at radius 2 is 2.23 bits per heavy atom. The number of benzene rings is 1. The van der Waals surface area contributed by atoms with E-state index in [1.807, 2.05) is 0 Å². The summed E-state index contributed by atoms with van der Waals surface area (Å²) in [5, 5.41) is 22.4. The molecule has 0 atom stereocenters. The Labute approximate surface area is 130 Å². The SMILES string of the molecule is Cc1cc(C(=O)NCCCc2nnc(N)s2)ccc1[N+](=O)[O-]. The van der Waals surface area contributed by atoms with Gasteiger partial charge in [-0.25, -0.2) is 0 Å². The molecule has 1 aromatic heterocycles. The summed E-state index contributed by atoms with van der Waals surface area (Å²) in [6, 6.07) is 4.30. The molecule has 2 rings (SSSR count). The highest BCUT2D eigenvalue weighted by molar-refractivity contribution is 7.15. The predicted molar refractivity (Wildman–Crippen MR) is 82.8 cm³/mol. The number of nitrogens with two attached hydrogens (primary N) is 1. The summed E-state index contributed by atoms with van der Waals surface area (Å²) >= 11 is 1.33. The van der Waals surface area contributed by atoms with Gasteiger partial charge in [-0.3, -0.25) is 14.9 Å². The predicted octanol–water partition coefficient (Wildman–Crippen LogP) is 1.70. The van der Waals surface area contributed by atoms with Gasteiger partial charge in [0.15, 0.2) is 0 Å². The van der Waals surface area contributed by atoms with E-state index in [0.29, 0.717) is 35.6 Å². The number of rotatable bonds is 6. The molecule has 3 N–H and O–H groups in total. The second kappa shape index (κ2) is 6.94. The van der Waals surface area contributed by atoms with Gasteiger partial charge >= 0.3 is 0 Å². The Morgan fingerprint density at radius 3 is 2.82 bits per heavy atom. The molecule has 22 heavy (non-hydrogen) atoms. The molecular formula is C13H15N5O3S. The number of aryl methyl sites for hydroxylation is 2. The quantitative estimate of drug-likeness (QED) is 0.474. The summed E-state index contributed by atoms with van der Waals surface area (Å²) in [6.45, 7) is 2.09. The van der Waals surface area contributed by atoms with E-state index in [-0.39, 0.29) is 11.6 Å². The fraction of sp³-hybridized carbons (Fsp3) is 0.308. The molecule has 0 bridgehead atoms. The van der Waals surface area contributed by atoms with E-state index in [2.05, 4.69) is 15.5 Å². The van der Waals surface area contributed by atoms with Crippen LogP contribution in [0.5, 0.6) is 0 Å². The molecule has 0 aliphatic heterocycles. The summed E-state index contributed by atoms with van der Waals surface area (Å²) in [7, 11) is 0. The van der Waals surface area contributed by atoms with E-state index in [1.54, 1.807) is 6.92 Å². The normalized spacial score (nSPS) is 10.4. The molecule has 0 aliphatic carbocycles. The Morgan fingerprint density at radius 1 is 1.45 bits per heavy atom. The average molecular weight is 321 g/mol. The molecule has 0 unspecified atom stereocenters. The number of aromatic nitrogens is 2. The van der Waals surface area contributed by atoms with Gasteiger partial charge in [0.1, 0.15) is 5.01 Å². The Balaban J connectivity index is 1.84. The van der Waals surface area contributed by atoms with Crippen LogP contribution in [0.2, 0.25) is 0 Å².